The maximum Gasteiger partial charge on any atom is 0.223 e. The van der Waals surface area contributed by atoms with E-state index in [1.165, 1.54) is 25.6 Å². The summed E-state index contributed by atoms with van der Waals surface area (Å²) in [6, 6.07) is -0.0667. The fourth-order valence-corrected chi connectivity index (χ4v) is 3.35. The lowest BCUT2D eigenvalue weighted by Crippen LogP contribution is -2.49. The number of hydrogen-bond acceptors (Lipinski definition) is 3. The molecule has 0 aromatic carbocycles. The van der Waals surface area contributed by atoms with Crippen molar-refractivity contribution in [1.29, 1.82) is 0 Å². The van der Waals surface area contributed by atoms with E-state index in [4.69, 9.17) is 0 Å². The van der Waals surface area contributed by atoms with Crippen molar-refractivity contribution in [3.05, 3.63) is 12.2 Å². The van der Waals surface area contributed by atoms with E-state index in [-0.39, 0.29) is 17.9 Å². The summed E-state index contributed by atoms with van der Waals surface area (Å²) in [5.41, 5.74) is 0.552. The van der Waals surface area contributed by atoms with E-state index >= 15 is 0 Å². The highest BCUT2D eigenvalue weighted by Crippen LogP contribution is 2.58. The Morgan fingerprint density at radius 3 is 2.78 bits per heavy atom. The average Bonchev–Trinajstić information content (AvgIpc) is 2.59. The topological polar surface area (TPSA) is 59.8 Å². The van der Waals surface area contributed by atoms with Gasteiger partial charge in [0.05, 0.1) is 6.04 Å². The molecule has 2 saturated carbocycles. The molecule has 1 amide bonds. The van der Waals surface area contributed by atoms with Crippen LogP contribution in [0, 0.1) is 11.3 Å². The molecule has 2 fully saturated rings. The van der Waals surface area contributed by atoms with E-state index in [1.807, 2.05) is 14.0 Å². The summed E-state index contributed by atoms with van der Waals surface area (Å²) in [6.07, 6.45) is 7.70. The van der Waals surface area contributed by atoms with Crippen LogP contribution in [0.2, 0.25) is 0 Å². The number of aryl methyl sites for hydroxylation is 1. The molecule has 2 aliphatic rings. The number of rotatable bonds is 3. The Morgan fingerprint density at radius 2 is 2.28 bits per heavy atom. The molecule has 1 aromatic heterocycles. The first-order valence-electron chi connectivity index (χ1n) is 6.74. The van der Waals surface area contributed by atoms with E-state index in [1.54, 1.807) is 4.68 Å². The van der Waals surface area contributed by atoms with E-state index in [0.717, 1.165) is 18.7 Å². The van der Waals surface area contributed by atoms with E-state index < -0.39 is 0 Å². The van der Waals surface area contributed by atoms with Crippen LogP contribution >= 0.6 is 0 Å². The van der Waals surface area contributed by atoms with Crippen molar-refractivity contribution in [3.63, 3.8) is 0 Å². The predicted molar refractivity (Wildman–Crippen MR) is 66.6 cm³/mol. The lowest BCUT2D eigenvalue weighted by molar-refractivity contribution is -0.137. The van der Waals surface area contributed by atoms with Crippen LogP contribution in [0.25, 0.3) is 0 Å². The third-order valence-corrected chi connectivity index (χ3v) is 4.64. The largest absolute Gasteiger partial charge is 0.346 e. The molecule has 1 aromatic rings. The van der Waals surface area contributed by atoms with Crippen molar-refractivity contribution >= 4 is 5.91 Å². The highest BCUT2D eigenvalue weighted by Gasteiger charge is 2.50. The molecule has 1 N–H and O–H groups in total. The van der Waals surface area contributed by atoms with Gasteiger partial charge in [-0.2, -0.15) is 5.10 Å². The quantitative estimate of drug-likeness (QED) is 0.883. The number of nitrogens with one attached hydrogen (secondary N) is 1. The van der Waals surface area contributed by atoms with Crippen molar-refractivity contribution in [2.45, 2.75) is 45.1 Å². The van der Waals surface area contributed by atoms with E-state index in [9.17, 15) is 4.79 Å². The molecule has 1 spiro atoms. The van der Waals surface area contributed by atoms with Crippen LogP contribution in [-0.2, 0) is 11.8 Å². The second-order valence-corrected chi connectivity index (χ2v) is 5.93. The number of amides is 1. The van der Waals surface area contributed by atoms with Crippen LogP contribution < -0.4 is 5.32 Å². The van der Waals surface area contributed by atoms with Crippen molar-refractivity contribution < 1.29 is 4.79 Å². The second-order valence-electron chi connectivity index (χ2n) is 5.93. The number of hydrogen-bond donors (Lipinski definition) is 1. The normalized spacial score (nSPS) is 23.2. The minimum absolute atomic E-state index is 0.0667. The Bertz CT molecular complexity index is 455. The van der Waals surface area contributed by atoms with Crippen molar-refractivity contribution in [2.75, 3.05) is 0 Å². The first-order chi connectivity index (χ1) is 8.60. The molecule has 98 valence electrons. The molecule has 18 heavy (non-hydrogen) atoms. The van der Waals surface area contributed by atoms with Gasteiger partial charge in [-0.05, 0) is 38.0 Å². The standard InChI is InChI=1S/C13H20N4O/c1-9(11-14-8-15-17(11)2)16-12(18)10-6-13(7-10)4-3-5-13/h8-10H,3-7H2,1-2H3,(H,16,18)/t9-/m0/s1. The van der Waals surface area contributed by atoms with Crippen LogP contribution in [0.15, 0.2) is 6.33 Å². The SMILES string of the molecule is C[C@H](NC(=O)C1CC2(CCC2)C1)c1ncnn1C. The molecule has 0 aliphatic heterocycles. The molecule has 0 radical (unpaired) electrons. The Kier molecular flexibility index (Phi) is 2.64. The zero-order valence-electron chi connectivity index (χ0n) is 11.0. The Morgan fingerprint density at radius 1 is 1.56 bits per heavy atom. The number of carbonyl (C=O) groups excluding carboxylic acids is 1. The van der Waals surface area contributed by atoms with Gasteiger partial charge in [-0.15, -0.1) is 0 Å². The highest BCUT2D eigenvalue weighted by molar-refractivity contribution is 5.80. The molecule has 0 bridgehead atoms. The highest BCUT2D eigenvalue weighted by atomic mass is 16.2. The molecule has 5 nitrogen and oxygen atoms in total. The number of nitrogens with zero attached hydrogens (tertiary/aromatic N) is 3. The maximum absolute atomic E-state index is 12.1. The molecule has 1 atom stereocenters. The summed E-state index contributed by atoms with van der Waals surface area (Å²) in [7, 11) is 1.84. The van der Waals surface area contributed by atoms with Crippen LogP contribution in [-0.4, -0.2) is 20.7 Å². The second kappa shape index (κ2) is 4.07. The van der Waals surface area contributed by atoms with Crippen LogP contribution in [0.1, 0.15) is 50.9 Å². The summed E-state index contributed by atoms with van der Waals surface area (Å²) >= 11 is 0. The van der Waals surface area contributed by atoms with Gasteiger partial charge in [0.1, 0.15) is 12.2 Å². The fraction of sp³-hybridized carbons (Fsp3) is 0.769. The van der Waals surface area contributed by atoms with Gasteiger partial charge in [0.15, 0.2) is 0 Å². The van der Waals surface area contributed by atoms with Gasteiger partial charge in [-0.25, -0.2) is 4.98 Å². The Balaban J connectivity index is 1.54. The Labute approximate surface area is 107 Å². The molecule has 2 aliphatic carbocycles. The average molecular weight is 248 g/mol. The molecule has 0 saturated heterocycles. The van der Waals surface area contributed by atoms with Gasteiger partial charge in [-0.1, -0.05) is 6.42 Å². The lowest BCUT2D eigenvalue weighted by atomic mass is 9.51. The summed E-state index contributed by atoms with van der Waals surface area (Å²) < 4.78 is 1.71. The maximum atomic E-state index is 12.1. The fourth-order valence-electron chi connectivity index (χ4n) is 3.35. The molecule has 1 heterocycles. The lowest BCUT2D eigenvalue weighted by Gasteiger charge is -2.53. The van der Waals surface area contributed by atoms with Gasteiger partial charge in [0.25, 0.3) is 0 Å². The van der Waals surface area contributed by atoms with E-state index in [0.29, 0.717) is 5.41 Å². The first kappa shape index (κ1) is 11.7. The third-order valence-electron chi connectivity index (χ3n) is 4.64. The summed E-state index contributed by atoms with van der Waals surface area (Å²) in [4.78, 5) is 16.3. The van der Waals surface area contributed by atoms with Gasteiger partial charge in [0, 0.05) is 13.0 Å². The monoisotopic (exact) mass is 248 g/mol. The van der Waals surface area contributed by atoms with Crippen LogP contribution in [0.5, 0.6) is 0 Å². The zero-order chi connectivity index (χ0) is 12.8. The van der Waals surface area contributed by atoms with Crippen LogP contribution in [0.3, 0.4) is 0 Å². The van der Waals surface area contributed by atoms with E-state index in [2.05, 4.69) is 15.4 Å². The molecular formula is C13H20N4O. The molecule has 5 heteroatoms. The van der Waals surface area contributed by atoms with Gasteiger partial charge < -0.3 is 5.32 Å². The third kappa shape index (κ3) is 1.82. The first-order valence-corrected chi connectivity index (χ1v) is 6.74. The predicted octanol–water partition coefficient (Wildman–Crippen LogP) is 1.57. The molecule has 3 rings (SSSR count). The van der Waals surface area contributed by atoms with Crippen molar-refractivity contribution in [1.82, 2.24) is 20.1 Å². The summed E-state index contributed by atoms with van der Waals surface area (Å²) in [5.74, 6) is 1.21. The minimum atomic E-state index is -0.0667. The smallest absolute Gasteiger partial charge is 0.223 e. The Hall–Kier alpha value is -1.39. The zero-order valence-corrected chi connectivity index (χ0v) is 11.0. The van der Waals surface area contributed by atoms with Gasteiger partial charge >= 0.3 is 0 Å². The van der Waals surface area contributed by atoms with Gasteiger partial charge in [-0.3, -0.25) is 9.48 Å². The minimum Gasteiger partial charge on any atom is -0.346 e. The van der Waals surface area contributed by atoms with Gasteiger partial charge in [0.2, 0.25) is 5.91 Å². The summed E-state index contributed by atoms with van der Waals surface area (Å²) in [6.45, 7) is 1.96. The van der Waals surface area contributed by atoms with Crippen molar-refractivity contribution in [3.8, 4) is 0 Å². The number of carbonyl (C=O) groups is 1. The van der Waals surface area contributed by atoms with Crippen molar-refractivity contribution in [2.24, 2.45) is 18.4 Å². The summed E-state index contributed by atoms with van der Waals surface area (Å²) in [5, 5.41) is 7.07. The molecule has 0 unspecified atom stereocenters. The number of aromatic nitrogens is 3. The molecular weight excluding hydrogens is 228 g/mol. The van der Waals surface area contributed by atoms with Crippen LogP contribution in [0.4, 0.5) is 0 Å².